The van der Waals surface area contributed by atoms with Gasteiger partial charge in [0.15, 0.2) is 0 Å². The molecule has 1 aliphatic heterocycles. The predicted octanol–water partition coefficient (Wildman–Crippen LogP) is 3.85. The van der Waals surface area contributed by atoms with Crippen LogP contribution in [0.4, 0.5) is 30.6 Å². The number of carboxylic acid groups (broad SMARTS) is 1. The van der Waals surface area contributed by atoms with E-state index in [1.54, 1.807) is 13.0 Å². The Morgan fingerprint density at radius 2 is 1.89 bits per heavy atom. The molecule has 1 aromatic carbocycles. The number of hydrogen-bond donors (Lipinski definition) is 2. The molecule has 1 aliphatic rings. The lowest BCUT2D eigenvalue weighted by molar-refractivity contribution is -0.142. The van der Waals surface area contributed by atoms with E-state index >= 15 is 0 Å². The largest absolute Gasteiger partial charge is 0.481 e. The molecule has 0 saturated carbocycles. The second-order valence-corrected chi connectivity index (χ2v) is 6.46. The number of rotatable bonds is 4. The van der Waals surface area contributed by atoms with E-state index in [2.05, 4.69) is 15.3 Å². The molecule has 0 unspecified atom stereocenters. The highest BCUT2D eigenvalue weighted by Crippen LogP contribution is 2.35. The number of carboxylic acids is 1. The van der Waals surface area contributed by atoms with Gasteiger partial charge in [-0.15, -0.1) is 0 Å². The average molecular weight is 380 g/mol. The molecule has 2 N–H and O–H groups in total. The Kier molecular flexibility index (Phi) is 5.20. The quantitative estimate of drug-likeness (QED) is 0.839. The van der Waals surface area contributed by atoms with Crippen LogP contribution in [0.2, 0.25) is 0 Å². The molecule has 1 aromatic heterocycles. The van der Waals surface area contributed by atoms with E-state index in [1.807, 2.05) is 4.90 Å². The van der Waals surface area contributed by atoms with Crippen LogP contribution in [-0.2, 0) is 11.0 Å². The molecule has 2 heterocycles. The lowest BCUT2D eigenvalue weighted by atomic mass is 9.97. The molecule has 1 saturated heterocycles. The number of nitrogens with one attached hydrogen (secondary N) is 1. The van der Waals surface area contributed by atoms with Gasteiger partial charge in [-0.3, -0.25) is 4.79 Å². The zero-order valence-electron chi connectivity index (χ0n) is 14.6. The number of piperidine rings is 1. The molecule has 27 heavy (non-hydrogen) atoms. The molecule has 9 heteroatoms. The molecule has 144 valence electrons. The highest BCUT2D eigenvalue weighted by molar-refractivity contribution is 5.70. The Morgan fingerprint density at radius 3 is 2.52 bits per heavy atom. The fraction of sp³-hybridized carbons (Fsp3) is 0.389. The summed E-state index contributed by atoms with van der Waals surface area (Å²) in [5, 5.41) is 11.8. The van der Waals surface area contributed by atoms with E-state index in [0.29, 0.717) is 37.4 Å². The monoisotopic (exact) mass is 380 g/mol. The van der Waals surface area contributed by atoms with Gasteiger partial charge < -0.3 is 15.3 Å². The molecule has 0 spiro atoms. The normalized spacial score (nSPS) is 15.6. The molecule has 3 rings (SSSR count). The number of hydrogen-bond acceptors (Lipinski definition) is 5. The number of nitrogens with zero attached hydrogens (tertiary/aromatic N) is 3. The summed E-state index contributed by atoms with van der Waals surface area (Å²) in [6, 6.07) is 6.89. The van der Waals surface area contributed by atoms with Crippen molar-refractivity contribution in [3.63, 3.8) is 0 Å². The zero-order chi connectivity index (χ0) is 19.6. The number of alkyl halides is 3. The van der Waals surface area contributed by atoms with Gasteiger partial charge in [-0.05, 0) is 31.9 Å². The molecular weight excluding hydrogens is 361 g/mol. The standard InChI is InChI=1S/C18H19F3N4O2/c1-11-10-15(25-8-6-12(7-9-25)16(26)27)24-17(22-11)23-14-5-3-2-4-13(14)18(19,20)21/h2-5,10,12H,6-9H2,1H3,(H,26,27)(H,22,23,24). The summed E-state index contributed by atoms with van der Waals surface area (Å²) in [4.78, 5) is 21.5. The Labute approximate surface area is 154 Å². The minimum atomic E-state index is -4.49. The number of benzene rings is 1. The van der Waals surface area contributed by atoms with Gasteiger partial charge in [-0.1, -0.05) is 12.1 Å². The maximum atomic E-state index is 13.2. The predicted molar refractivity (Wildman–Crippen MR) is 94.1 cm³/mol. The summed E-state index contributed by atoms with van der Waals surface area (Å²) in [7, 11) is 0. The van der Waals surface area contributed by atoms with Crippen LogP contribution in [0.5, 0.6) is 0 Å². The summed E-state index contributed by atoms with van der Waals surface area (Å²) >= 11 is 0. The second-order valence-electron chi connectivity index (χ2n) is 6.46. The lowest BCUT2D eigenvalue weighted by Crippen LogP contribution is -2.36. The van der Waals surface area contributed by atoms with Crippen molar-refractivity contribution in [1.82, 2.24) is 9.97 Å². The number of aromatic nitrogens is 2. The number of carbonyl (C=O) groups is 1. The van der Waals surface area contributed by atoms with Crippen molar-refractivity contribution in [3.8, 4) is 0 Å². The Morgan fingerprint density at radius 1 is 1.22 bits per heavy atom. The lowest BCUT2D eigenvalue weighted by Gasteiger charge is -2.31. The summed E-state index contributed by atoms with van der Waals surface area (Å²) in [5.74, 6) is -0.541. The van der Waals surface area contributed by atoms with Crippen molar-refractivity contribution in [3.05, 3.63) is 41.6 Å². The number of aryl methyl sites for hydroxylation is 1. The SMILES string of the molecule is Cc1cc(N2CCC(C(=O)O)CC2)nc(Nc2ccccc2C(F)(F)F)n1. The summed E-state index contributed by atoms with van der Waals surface area (Å²) in [6.07, 6.45) is -3.49. The van der Waals surface area contributed by atoms with E-state index in [-0.39, 0.29) is 17.6 Å². The summed E-state index contributed by atoms with van der Waals surface area (Å²) in [5.41, 5.74) is -0.308. The zero-order valence-corrected chi connectivity index (χ0v) is 14.6. The van der Waals surface area contributed by atoms with Crippen molar-refractivity contribution in [2.24, 2.45) is 5.92 Å². The summed E-state index contributed by atoms with van der Waals surface area (Å²) in [6.45, 7) is 2.77. The maximum Gasteiger partial charge on any atom is 0.418 e. The number of halogens is 3. The number of para-hydroxylation sites is 1. The highest BCUT2D eigenvalue weighted by Gasteiger charge is 2.33. The van der Waals surface area contributed by atoms with E-state index in [0.717, 1.165) is 6.07 Å². The fourth-order valence-corrected chi connectivity index (χ4v) is 3.09. The maximum absolute atomic E-state index is 13.2. The van der Waals surface area contributed by atoms with Crippen LogP contribution in [-0.4, -0.2) is 34.1 Å². The first-order valence-electron chi connectivity index (χ1n) is 8.51. The molecule has 1 fully saturated rings. The molecule has 6 nitrogen and oxygen atoms in total. The Balaban J connectivity index is 1.82. The Bertz CT molecular complexity index is 834. The fourth-order valence-electron chi connectivity index (χ4n) is 3.09. The van der Waals surface area contributed by atoms with Crippen molar-refractivity contribution in [1.29, 1.82) is 0 Å². The molecular formula is C18H19F3N4O2. The third kappa shape index (κ3) is 4.47. The van der Waals surface area contributed by atoms with E-state index < -0.39 is 17.7 Å². The third-order valence-electron chi connectivity index (χ3n) is 4.49. The van der Waals surface area contributed by atoms with Crippen molar-refractivity contribution in [2.45, 2.75) is 25.9 Å². The van der Waals surface area contributed by atoms with Crippen LogP contribution in [0.3, 0.4) is 0 Å². The minimum Gasteiger partial charge on any atom is -0.481 e. The van der Waals surface area contributed by atoms with Crippen LogP contribution in [0, 0.1) is 12.8 Å². The number of anilines is 3. The van der Waals surface area contributed by atoms with Crippen molar-refractivity contribution in [2.75, 3.05) is 23.3 Å². The third-order valence-corrected chi connectivity index (χ3v) is 4.49. The van der Waals surface area contributed by atoms with Gasteiger partial charge in [0.1, 0.15) is 5.82 Å². The van der Waals surface area contributed by atoms with Crippen LogP contribution >= 0.6 is 0 Å². The average Bonchev–Trinajstić information content (AvgIpc) is 2.61. The van der Waals surface area contributed by atoms with Gasteiger partial charge in [-0.2, -0.15) is 18.2 Å². The first-order valence-corrected chi connectivity index (χ1v) is 8.51. The molecule has 2 aromatic rings. The van der Waals surface area contributed by atoms with Gasteiger partial charge >= 0.3 is 12.1 Å². The van der Waals surface area contributed by atoms with Crippen molar-refractivity contribution >= 4 is 23.4 Å². The first-order chi connectivity index (χ1) is 12.7. The van der Waals surface area contributed by atoms with E-state index in [4.69, 9.17) is 5.11 Å². The molecule has 0 aliphatic carbocycles. The molecule has 0 atom stereocenters. The van der Waals surface area contributed by atoms with Gasteiger partial charge in [0.2, 0.25) is 5.95 Å². The van der Waals surface area contributed by atoms with Gasteiger partial charge in [0.05, 0.1) is 17.2 Å². The second kappa shape index (κ2) is 7.42. The highest BCUT2D eigenvalue weighted by atomic mass is 19.4. The van der Waals surface area contributed by atoms with Crippen molar-refractivity contribution < 1.29 is 23.1 Å². The minimum absolute atomic E-state index is 0.0714. The van der Waals surface area contributed by atoms with Gasteiger partial charge in [0, 0.05) is 24.8 Å². The molecule has 0 bridgehead atoms. The van der Waals surface area contributed by atoms with E-state index in [9.17, 15) is 18.0 Å². The van der Waals surface area contributed by atoms with Crippen LogP contribution in [0.15, 0.2) is 30.3 Å². The van der Waals surface area contributed by atoms with E-state index in [1.165, 1.54) is 18.2 Å². The summed E-state index contributed by atoms with van der Waals surface area (Å²) < 4.78 is 39.5. The smallest absolute Gasteiger partial charge is 0.418 e. The topological polar surface area (TPSA) is 78.4 Å². The number of aliphatic carboxylic acids is 1. The molecule has 0 amide bonds. The van der Waals surface area contributed by atoms with Gasteiger partial charge in [-0.25, -0.2) is 4.98 Å². The molecule has 0 radical (unpaired) electrons. The Hall–Kier alpha value is -2.84. The van der Waals surface area contributed by atoms with Gasteiger partial charge in [0.25, 0.3) is 0 Å². The first kappa shape index (κ1) is 18.9. The van der Waals surface area contributed by atoms with Crippen LogP contribution in [0.25, 0.3) is 0 Å². The van der Waals surface area contributed by atoms with Crippen LogP contribution < -0.4 is 10.2 Å². The van der Waals surface area contributed by atoms with Crippen LogP contribution in [0.1, 0.15) is 24.1 Å².